The van der Waals surface area contributed by atoms with Crippen LogP contribution in [-0.2, 0) is 0 Å². The van der Waals surface area contributed by atoms with Crippen LogP contribution in [0.15, 0.2) is 140 Å². The molecule has 5 aromatic carbocycles. The minimum absolute atomic E-state index is 0.540. The van der Waals surface area contributed by atoms with Gasteiger partial charge in [-0.25, -0.2) is 19.9 Å². The summed E-state index contributed by atoms with van der Waals surface area (Å²) in [6, 6.07) is 44.1. The van der Waals surface area contributed by atoms with Crippen molar-refractivity contribution in [3.05, 3.63) is 140 Å². The molecule has 206 valence electrons. The Morgan fingerprint density at radius 2 is 1.11 bits per heavy atom. The monoisotopic (exact) mass is 581 g/mol. The van der Waals surface area contributed by atoms with Crippen molar-refractivity contribution in [2.45, 2.75) is 0 Å². The fourth-order valence-corrected chi connectivity index (χ4v) is 7.19. The van der Waals surface area contributed by atoms with Gasteiger partial charge in [0.05, 0.1) is 34.8 Å². The highest BCUT2D eigenvalue weighted by atomic mass is 32.1. The van der Waals surface area contributed by atoms with E-state index in [1.807, 2.05) is 60.0 Å². The molecule has 9 rings (SSSR count). The van der Waals surface area contributed by atoms with E-state index in [4.69, 9.17) is 19.9 Å². The Balaban J connectivity index is 1.21. The first-order valence-corrected chi connectivity index (χ1v) is 15.3. The number of thiophene rings is 1. The highest BCUT2D eigenvalue weighted by Crippen LogP contribution is 2.40. The van der Waals surface area contributed by atoms with Crippen LogP contribution in [0.1, 0.15) is 0 Å². The van der Waals surface area contributed by atoms with E-state index in [0.29, 0.717) is 11.5 Å². The third kappa shape index (κ3) is 4.00. The van der Waals surface area contributed by atoms with Crippen LogP contribution in [0.2, 0.25) is 0 Å². The van der Waals surface area contributed by atoms with Crippen molar-refractivity contribution < 1.29 is 0 Å². The molecule has 4 heterocycles. The van der Waals surface area contributed by atoms with Crippen LogP contribution >= 0.6 is 11.3 Å². The van der Waals surface area contributed by atoms with Crippen LogP contribution in [0.5, 0.6) is 0 Å². The van der Waals surface area contributed by atoms with Crippen molar-refractivity contribution in [3.8, 4) is 39.9 Å². The Morgan fingerprint density at radius 1 is 0.455 bits per heavy atom. The number of hydrogen-bond donors (Lipinski definition) is 0. The number of hydrogen-bond acceptors (Lipinski definition) is 5. The Labute approximate surface area is 256 Å². The number of benzene rings is 5. The fraction of sp³-hybridized carbons (Fsp3) is 0. The summed E-state index contributed by atoms with van der Waals surface area (Å²) in [5.41, 5.74) is 6.56. The van der Waals surface area contributed by atoms with Crippen LogP contribution in [-0.4, -0.2) is 24.5 Å². The van der Waals surface area contributed by atoms with Crippen molar-refractivity contribution in [1.29, 1.82) is 0 Å². The Hall–Kier alpha value is -5.72. The van der Waals surface area contributed by atoms with Gasteiger partial charge in [0, 0.05) is 42.1 Å². The van der Waals surface area contributed by atoms with Crippen molar-refractivity contribution in [2.24, 2.45) is 0 Å². The standard InChI is InChI=1S/C38H23N5S/c1-3-11-24(12-4-1)30-21-31(25-13-5-2-6-14-25)42-38(41-30)32-22-40-37(23-39-32)43-33-17-9-7-15-26(33)28-20-36-29(19-34(28)43)27-16-8-10-18-35(27)44-36/h1-23H. The van der Waals surface area contributed by atoms with Gasteiger partial charge in [-0.05, 0) is 30.3 Å². The minimum Gasteiger partial charge on any atom is -0.292 e. The zero-order chi connectivity index (χ0) is 29.0. The molecule has 0 fully saturated rings. The highest BCUT2D eigenvalue weighted by molar-refractivity contribution is 7.25. The Morgan fingerprint density at radius 3 is 1.82 bits per heavy atom. The number of fused-ring (bicyclic) bond motifs is 6. The summed E-state index contributed by atoms with van der Waals surface area (Å²) < 4.78 is 4.79. The predicted octanol–water partition coefficient (Wildman–Crippen LogP) is 9.73. The average molecular weight is 582 g/mol. The van der Waals surface area contributed by atoms with Crippen LogP contribution in [0.25, 0.3) is 81.8 Å². The van der Waals surface area contributed by atoms with Gasteiger partial charge >= 0.3 is 0 Å². The second-order valence-electron chi connectivity index (χ2n) is 10.8. The lowest BCUT2D eigenvalue weighted by Gasteiger charge is -2.10. The van der Waals surface area contributed by atoms with Gasteiger partial charge < -0.3 is 0 Å². The molecule has 0 unspecified atom stereocenters. The summed E-state index contributed by atoms with van der Waals surface area (Å²) >= 11 is 1.84. The van der Waals surface area contributed by atoms with Crippen LogP contribution < -0.4 is 0 Å². The molecular weight excluding hydrogens is 559 g/mol. The molecule has 0 spiro atoms. The number of aromatic nitrogens is 5. The minimum atomic E-state index is 0.540. The summed E-state index contributed by atoms with van der Waals surface area (Å²) in [7, 11) is 0. The van der Waals surface area contributed by atoms with E-state index in [9.17, 15) is 0 Å². The van der Waals surface area contributed by atoms with Crippen LogP contribution in [0.3, 0.4) is 0 Å². The van der Waals surface area contributed by atoms with Crippen molar-refractivity contribution in [3.63, 3.8) is 0 Å². The van der Waals surface area contributed by atoms with E-state index in [1.165, 1.54) is 30.9 Å². The normalized spacial score (nSPS) is 11.6. The molecule has 0 amide bonds. The molecule has 0 aliphatic rings. The Bertz CT molecular complexity index is 2420. The molecule has 0 N–H and O–H groups in total. The number of nitrogens with zero attached hydrogens (tertiary/aromatic N) is 5. The van der Waals surface area contributed by atoms with Crippen molar-refractivity contribution >= 4 is 53.3 Å². The maximum absolute atomic E-state index is 4.96. The average Bonchev–Trinajstić information content (AvgIpc) is 3.63. The van der Waals surface area contributed by atoms with Gasteiger partial charge in [-0.1, -0.05) is 97.1 Å². The van der Waals surface area contributed by atoms with Crippen molar-refractivity contribution in [1.82, 2.24) is 24.5 Å². The zero-order valence-corrected chi connectivity index (χ0v) is 24.2. The first-order chi connectivity index (χ1) is 21.8. The summed E-state index contributed by atoms with van der Waals surface area (Å²) in [4.78, 5) is 19.7. The lowest BCUT2D eigenvalue weighted by atomic mass is 10.1. The van der Waals surface area contributed by atoms with Gasteiger partial charge in [-0.15, -0.1) is 11.3 Å². The predicted molar refractivity (Wildman–Crippen MR) is 181 cm³/mol. The molecule has 0 saturated heterocycles. The largest absolute Gasteiger partial charge is 0.292 e. The third-order valence-electron chi connectivity index (χ3n) is 8.13. The molecule has 5 nitrogen and oxygen atoms in total. The second kappa shape index (κ2) is 9.93. The second-order valence-corrected chi connectivity index (χ2v) is 11.9. The summed E-state index contributed by atoms with van der Waals surface area (Å²) in [5, 5.41) is 4.93. The molecule has 0 aliphatic carbocycles. The first-order valence-electron chi connectivity index (χ1n) is 14.5. The lowest BCUT2D eigenvalue weighted by Crippen LogP contribution is -2.01. The summed E-state index contributed by atoms with van der Waals surface area (Å²) in [6.45, 7) is 0. The molecule has 0 bridgehead atoms. The lowest BCUT2D eigenvalue weighted by molar-refractivity contribution is 1.03. The Kier molecular flexibility index (Phi) is 5.61. The summed E-state index contributed by atoms with van der Waals surface area (Å²) in [6.07, 6.45) is 3.62. The van der Waals surface area contributed by atoms with E-state index < -0.39 is 0 Å². The molecule has 44 heavy (non-hydrogen) atoms. The highest BCUT2D eigenvalue weighted by Gasteiger charge is 2.17. The fourth-order valence-electron chi connectivity index (χ4n) is 6.06. The first kappa shape index (κ1) is 24.8. The molecular formula is C38H23N5S. The molecule has 6 heteroatoms. The van der Waals surface area contributed by atoms with Crippen LogP contribution in [0.4, 0.5) is 0 Å². The molecule has 9 aromatic rings. The van der Waals surface area contributed by atoms with Gasteiger partial charge in [0.25, 0.3) is 0 Å². The molecule has 0 aliphatic heterocycles. The summed E-state index contributed by atoms with van der Waals surface area (Å²) in [5.74, 6) is 1.29. The van der Waals surface area contributed by atoms with Crippen LogP contribution in [0, 0.1) is 0 Å². The van der Waals surface area contributed by atoms with Gasteiger partial charge in [0.1, 0.15) is 5.69 Å². The molecule has 0 radical (unpaired) electrons. The van der Waals surface area contributed by atoms with E-state index >= 15 is 0 Å². The van der Waals surface area contributed by atoms with Gasteiger partial charge in [0.2, 0.25) is 0 Å². The SMILES string of the molecule is c1ccc(-c2cc(-c3ccccc3)nc(-c3cnc(-n4c5ccccc5c5cc6sc7ccccc7c6cc54)cn3)n2)cc1. The topological polar surface area (TPSA) is 56.5 Å². The maximum Gasteiger partial charge on any atom is 0.180 e. The maximum atomic E-state index is 4.96. The number of rotatable bonds is 4. The van der Waals surface area contributed by atoms with E-state index in [2.05, 4.69) is 89.5 Å². The molecule has 0 saturated carbocycles. The molecule has 0 atom stereocenters. The van der Waals surface area contributed by atoms with E-state index in [1.54, 1.807) is 6.20 Å². The van der Waals surface area contributed by atoms with E-state index in [-0.39, 0.29) is 0 Å². The van der Waals surface area contributed by atoms with Gasteiger partial charge in [-0.3, -0.25) is 4.57 Å². The van der Waals surface area contributed by atoms with E-state index in [0.717, 1.165) is 39.4 Å². The zero-order valence-electron chi connectivity index (χ0n) is 23.4. The quantitative estimate of drug-likeness (QED) is 0.208. The molecule has 4 aromatic heterocycles. The van der Waals surface area contributed by atoms with Crippen molar-refractivity contribution in [2.75, 3.05) is 0 Å². The van der Waals surface area contributed by atoms with Gasteiger partial charge in [-0.2, -0.15) is 0 Å². The number of para-hydroxylation sites is 1. The van der Waals surface area contributed by atoms with Gasteiger partial charge in [0.15, 0.2) is 11.6 Å². The smallest absolute Gasteiger partial charge is 0.180 e. The third-order valence-corrected chi connectivity index (χ3v) is 9.27.